The van der Waals surface area contributed by atoms with Gasteiger partial charge in [0.15, 0.2) is 0 Å². The van der Waals surface area contributed by atoms with Crippen molar-refractivity contribution in [2.45, 2.75) is 39.2 Å². The van der Waals surface area contributed by atoms with Crippen molar-refractivity contribution in [2.75, 3.05) is 0 Å². The van der Waals surface area contributed by atoms with E-state index in [-0.39, 0.29) is 11.3 Å². The van der Waals surface area contributed by atoms with E-state index in [2.05, 4.69) is 22.4 Å². The monoisotopic (exact) mass is 410 g/mol. The molecule has 0 saturated heterocycles. The highest BCUT2D eigenvalue weighted by molar-refractivity contribution is 7.18. The third-order valence-electron chi connectivity index (χ3n) is 5.32. The molecule has 2 heterocycles. The van der Waals surface area contributed by atoms with E-state index in [9.17, 15) is 14.7 Å². The molecule has 2 N–H and O–H groups in total. The highest BCUT2D eigenvalue weighted by Crippen LogP contribution is 2.35. The molecule has 4 rings (SSSR count). The second kappa shape index (κ2) is 7.79. The van der Waals surface area contributed by atoms with Crippen LogP contribution in [0.5, 0.6) is 5.75 Å². The number of hydrogen-bond donors (Lipinski definition) is 2. The Hall–Kier alpha value is -3.00. The molecule has 1 aromatic carbocycles. The van der Waals surface area contributed by atoms with Gasteiger partial charge < -0.3 is 5.11 Å². The molecular weight excluding hydrogens is 388 g/mol. The number of nitrogens with one attached hydrogen (secondary N) is 1. The summed E-state index contributed by atoms with van der Waals surface area (Å²) in [6.45, 7) is 3.88. The quantitative estimate of drug-likeness (QED) is 0.510. The summed E-state index contributed by atoms with van der Waals surface area (Å²) in [6.07, 6.45) is 5.86. The molecule has 2 atom stereocenters. The second-order valence-electron chi connectivity index (χ2n) is 7.49. The van der Waals surface area contributed by atoms with Gasteiger partial charge in [0.05, 0.1) is 17.9 Å². The molecule has 0 radical (unpaired) electrons. The number of aromatic nitrogens is 2. The van der Waals surface area contributed by atoms with Gasteiger partial charge in [0, 0.05) is 4.88 Å². The van der Waals surface area contributed by atoms with Crippen LogP contribution in [0, 0.1) is 5.92 Å². The highest BCUT2D eigenvalue weighted by Gasteiger charge is 2.25. The van der Waals surface area contributed by atoms with Crippen molar-refractivity contribution in [2.24, 2.45) is 11.0 Å². The Morgan fingerprint density at radius 2 is 2.17 bits per heavy atom. The summed E-state index contributed by atoms with van der Waals surface area (Å²) in [4.78, 5) is 32.1. The first kappa shape index (κ1) is 19.3. The molecule has 0 aliphatic heterocycles. The lowest BCUT2D eigenvalue weighted by molar-refractivity contribution is -0.123. The molecule has 1 aliphatic carbocycles. The van der Waals surface area contributed by atoms with E-state index in [1.807, 2.05) is 0 Å². The number of hydrogen-bond acceptors (Lipinski definition) is 6. The number of carbonyl (C=O) groups excluding carboxylic acids is 1. The van der Waals surface area contributed by atoms with Gasteiger partial charge in [0.2, 0.25) is 0 Å². The fraction of sp³-hybridized carbons (Fsp3) is 0.333. The molecule has 0 spiro atoms. The SMILES string of the molecule is C[C@H]1CCc2c(sc3ncn([C@@H](C)C(=O)N/N=C/c4ccc(O)cc4)c(=O)c23)C1. The Labute approximate surface area is 171 Å². The standard InChI is InChI=1S/C21H22N4O3S/c1-12-3-8-16-17(9-12)29-20-18(16)21(28)25(11-22-20)13(2)19(27)24-23-10-14-4-6-15(26)7-5-14/h4-7,10-13,26H,3,8-9H2,1-2H3,(H,24,27)/b23-10+/t12-,13-/m0/s1. The lowest BCUT2D eigenvalue weighted by Gasteiger charge is -2.18. The van der Waals surface area contributed by atoms with Gasteiger partial charge in [-0.3, -0.25) is 14.2 Å². The van der Waals surface area contributed by atoms with Gasteiger partial charge >= 0.3 is 0 Å². The first-order chi connectivity index (χ1) is 13.9. The first-order valence-corrected chi connectivity index (χ1v) is 10.4. The van der Waals surface area contributed by atoms with Gasteiger partial charge in [-0.15, -0.1) is 11.3 Å². The van der Waals surface area contributed by atoms with E-state index >= 15 is 0 Å². The Bertz CT molecular complexity index is 1150. The molecule has 1 amide bonds. The van der Waals surface area contributed by atoms with Crippen molar-refractivity contribution in [1.29, 1.82) is 0 Å². The summed E-state index contributed by atoms with van der Waals surface area (Å²) in [5, 5.41) is 13.9. The Kier molecular flexibility index (Phi) is 5.19. The van der Waals surface area contributed by atoms with Gasteiger partial charge in [0.25, 0.3) is 11.5 Å². The fourth-order valence-corrected chi connectivity index (χ4v) is 4.91. The minimum atomic E-state index is -0.741. The van der Waals surface area contributed by atoms with Crippen LogP contribution in [0.3, 0.4) is 0 Å². The molecule has 8 heteroatoms. The maximum Gasteiger partial charge on any atom is 0.263 e. The number of aryl methyl sites for hydroxylation is 1. The highest BCUT2D eigenvalue weighted by atomic mass is 32.1. The largest absolute Gasteiger partial charge is 0.508 e. The van der Waals surface area contributed by atoms with Crippen molar-refractivity contribution in [3.8, 4) is 5.75 Å². The molecule has 7 nitrogen and oxygen atoms in total. The van der Waals surface area contributed by atoms with Gasteiger partial charge in [0.1, 0.15) is 16.6 Å². The molecule has 1 aliphatic rings. The van der Waals surface area contributed by atoms with Crippen LogP contribution in [0.4, 0.5) is 0 Å². The average molecular weight is 410 g/mol. The molecule has 150 valence electrons. The molecule has 0 unspecified atom stereocenters. The number of rotatable bonds is 4. The van der Waals surface area contributed by atoms with Crippen molar-refractivity contribution >= 4 is 33.7 Å². The van der Waals surface area contributed by atoms with Crippen molar-refractivity contribution < 1.29 is 9.90 Å². The van der Waals surface area contributed by atoms with Gasteiger partial charge in [-0.05, 0) is 67.5 Å². The molecule has 0 bridgehead atoms. The number of phenols is 1. The van der Waals surface area contributed by atoms with Crippen LogP contribution in [-0.4, -0.2) is 26.8 Å². The molecule has 2 aromatic heterocycles. The number of fused-ring (bicyclic) bond motifs is 3. The van der Waals surface area contributed by atoms with E-state index in [0.717, 1.165) is 35.2 Å². The zero-order valence-electron chi connectivity index (χ0n) is 16.3. The van der Waals surface area contributed by atoms with E-state index in [0.29, 0.717) is 11.3 Å². The van der Waals surface area contributed by atoms with Crippen molar-refractivity contribution in [1.82, 2.24) is 15.0 Å². The number of nitrogens with zero attached hydrogens (tertiary/aromatic N) is 3. The maximum absolute atomic E-state index is 13.1. The molecule has 0 fully saturated rings. The minimum Gasteiger partial charge on any atom is -0.508 e. The van der Waals surface area contributed by atoms with Crippen LogP contribution in [0.15, 0.2) is 40.5 Å². The van der Waals surface area contributed by atoms with Crippen LogP contribution in [-0.2, 0) is 17.6 Å². The summed E-state index contributed by atoms with van der Waals surface area (Å²) < 4.78 is 1.37. The van der Waals surface area contributed by atoms with E-state index in [1.165, 1.54) is 34.1 Å². The van der Waals surface area contributed by atoms with Crippen LogP contribution >= 0.6 is 11.3 Å². The summed E-state index contributed by atoms with van der Waals surface area (Å²) in [5.41, 5.74) is 4.13. The maximum atomic E-state index is 13.1. The smallest absolute Gasteiger partial charge is 0.263 e. The molecule has 0 saturated carbocycles. The number of carbonyl (C=O) groups is 1. The van der Waals surface area contributed by atoms with Crippen LogP contribution < -0.4 is 11.0 Å². The number of hydrazone groups is 1. The van der Waals surface area contributed by atoms with Gasteiger partial charge in [-0.1, -0.05) is 6.92 Å². The van der Waals surface area contributed by atoms with Crippen LogP contribution in [0.25, 0.3) is 10.2 Å². The Balaban J connectivity index is 1.55. The lowest BCUT2D eigenvalue weighted by atomic mass is 9.89. The van der Waals surface area contributed by atoms with E-state index in [1.54, 1.807) is 30.4 Å². The minimum absolute atomic E-state index is 0.159. The average Bonchev–Trinajstić information content (AvgIpc) is 3.07. The van der Waals surface area contributed by atoms with Crippen LogP contribution in [0.1, 0.15) is 42.3 Å². The Morgan fingerprint density at radius 1 is 1.41 bits per heavy atom. The number of benzene rings is 1. The molecule has 29 heavy (non-hydrogen) atoms. The molecular formula is C21H22N4O3S. The zero-order valence-corrected chi connectivity index (χ0v) is 17.1. The first-order valence-electron chi connectivity index (χ1n) is 9.57. The third-order valence-corrected chi connectivity index (χ3v) is 6.48. The summed E-state index contributed by atoms with van der Waals surface area (Å²) in [5.74, 6) is 0.377. The van der Waals surface area contributed by atoms with Gasteiger partial charge in [-0.2, -0.15) is 5.10 Å². The predicted molar refractivity (Wildman–Crippen MR) is 114 cm³/mol. The molecule has 3 aromatic rings. The third kappa shape index (κ3) is 3.80. The zero-order chi connectivity index (χ0) is 20.5. The van der Waals surface area contributed by atoms with Gasteiger partial charge in [-0.25, -0.2) is 10.4 Å². The predicted octanol–water partition coefficient (Wildman–Crippen LogP) is 3.00. The number of aromatic hydroxyl groups is 1. The number of thiophene rings is 1. The normalized spacial score (nSPS) is 17.4. The van der Waals surface area contributed by atoms with Crippen molar-refractivity contribution in [3.63, 3.8) is 0 Å². The van der Waals surface area contributed by atoms with Crippen molar-refractivity contribution in [3.05, 3.63) is 57.0 Å². The van der Waals surface area contributed by atoms with E-state index < -0.39 is 11.9 Å². The Morgan fingerprint density at radius 3 is 2.93 bits per heavy atom. The van der Waals surface area contributed by atoms with E-state index in [4.69, 9.17) is 0 Å². The number of amides is 1. The summed E-state index contributed by atoms with van der Waals surface area (Å²) >= 11 is 1.59. The second-order valence-corrected chi connectivity index (χ2v) is 8.57. The topological polar surface area (TPSA) is 96.6 Å². The van der Waals surface area contributed by atoms with Crippen LogP contribution in [0.2, 0.25) is 0 Å². The fourth-order valence-electron chi connectivity index (χ4n) is 3.57. The summed E-state index contributed by atoms with van der Waals surface area (Å²) in [7, 11) is 0. The lowest BCUT2D eigenvalue weighted by Crippen LogP contribution is -2.34. The summed E-state index contributed by atoms with van der Waals surface area (Å²) in [6, 6.07) is 5.69. The number of phenolic OH excluding ortho intramolecular Hbond substituents is 1.